The predicted octanol–water partition coefficient (Wildman–Crippen LogP) is 13.7. The lowest BCUT2D eigenvalue weighted by molar-refractivity contribution is 0.288. The van der Waals surface area contributed by atoms with Crippen LogP contribution in [0, 0.1) is 0 Å². The number of benzene rings is 7. The second-order valence-corrected chi connectivity index (χ2v) is 16.4. The zero-order valence-corrected chi connectivity index (χ0v) is 31.2. The van der Waals surface area contributed by atoms with Crippen molar-refractivity contribution in [3.8, 4) is 39.1 Å². The third-order valence-corrected chi connectivity index (χ3v) is 12.6. The fourth-order valence-corrected chi connectivity index (χ4v) is 9.79. The molecule has 0 atom stereocenters. The molecule has 1 aromatic heterocycles. The summed E-state index contributed by atoms with van der Waals surface area (Å²) in [6.45, 7) is 10.2. The minimum Gasteiger partial charge on any atom is -0.493 e. The molecule has 1 aliphatic heterocycles. The summed E-state index contributed by atoms with van der Waals surface area (Å²) in [6.07, 6.45) is 2.05. The number of para-hydroxylation sites is 1. The average Bonchev–Trinajstić information content (AvgIpc) is 3.77. The van der Waals surface area contributed by atoms with Crippen LogP contribution in [0.4, 0.5) is 17.1 Å². The minimum absolute atomic E-state index is 0.140. The summed E-state index contributed by atoms with van der Waals surface area (Å²) in [5.41, 5.74) is 19.2. The highest BCUT2D eigenvalue weighted by Crippen LogP contribution is 2.55. The summed E-state index contributed by atoms with van der Waals surface area (Å²) < 4.78 is 12.7. The van der Waals surface area contributed by atoms with Gasteiger partial charge in [-0.25, -0.2) is 0 Å². The third kappa shape index (κ3) is 4.42. The van der Waals surface area contributed by atoms with Gasteiger partial charge in [-0.05, 0) is 123 Å². The zero-order valence-electron chi connectivity index (χ0n) is 31.2. The van der Waals surface area contributed by atoms with Gasteiger partial charge in [-0.15, -0.1) is 0 Å². The molecule has 0 bridgehead atoms. The van der Waals surface area contributed by atoms with Gasteiger partial charge in [-0.1, -0.05) is 107 Å². The molecule has 3 nitrogen and oxygen atoms in total. The van der Waals surface area contributed by atoms with Gasteiger partial charge >= 0.3 is 0 Å². The van der Waals surface area contributed by atoms with Crippen molar-refractivity contribution in [1.82, 2.24) is 0 Å². The lowest BCUT2D eigenvalue weighted by Gasteiger charge is -2.32. The van der Waals surface area contributed by atoms with Crippen LogP contribution in [-0.2, 0) is 17.3 Å². The topological polar surface area (TPSA) is 25.6 Å². The number of ether oxygens (including phenoxy) is 1. The van der Waals surface area contributed by atoms with Crippen molar-refractivity contribution >= 4 is 39.0 Å². The highest BCUT2D eigenvalue weighted by Gasteiger charge is 2.39. The van der Waals surface area contributed by atoms with Gasteiger partial charge in [0, 0.05) is 44.6 Å². The Labute approximate surface area is 316 Å². The molecule has 0 saturated carbocycles. The summed E-state index contributed by atoms with van der Waals surface area (Å²) >= 11 is 0. The molecule has 0 unspecified atom stereocenters. The van der Waals surface area contributed by atoms with E-state index in [0.717, 1.165) is 64.2 Å². The van der Waals surface area contributed by atoms with E-state index in [2.05, 4.69) is 166 Å². The maximum Gasteiger partial charge on any atom is 0.137 e. The van der Waals surface area contributed by atoms with E-state index in [0.29, 0.717) is 0 Å². The molecule has 0 radical (unpaired) electrons. The van der Waals surface area contributed by atoms with Crippen molar-refractivity contribution in [2.75, 3.05) is 11.5 Å². The SMILES string of the molecule is CC1(C)c2ccccc2-c2ccc(N(c3ccc4c(c3)oc3ccccc34)c3cc4c(cc3-c3ccc5c(c3)CCCO5)-c3ccccc3C4(C)C)cc21. The van der Waals surface area contributed by atoms with Crippen LogP contribution in [0.5, 0.6) is 5.75 Å². The fraction of sp³-hybridized carbons (Fsp3) is 0.176. The van der Waals surface area contributed by atoms with Crippen LogP contribution in [0.25, 0.3) is 55.3 Å². The van der Waals surface area contributed by atoms with Gasteiger partial charge in [0.15, 0.2) is 0 Å². The molecule has 3 aliphatic rings. The average molecular weight is 700 g/mol. The highest BCUT2D eigenvalue weighted by molar-refractivity contribution is 6.06. The highest BCUT2D eigenvalue weighted by atomic mass is 16.5. The largest absolute Gasteiger partial charge is 0.493 e. The van der Waals surface area contributed by atoms with E-state index >= 15 is 0 Å². The van der Waals surface area contributed by atoms with Crippen LogP contribution in [0.2, 0.25) is 0 Å². The molecule has 262 valence electrons. The number of anilines is 3. The van der Waals surface area contributed by atoms with E-state index in [-0.39, 0.29) is 10.8 Å². The molecular weight excluding hydrogens is 659 g/mol. The first-order chi connectivity index (χ1) is 26.3. The molecule has 0 saturated heterocycles. The number of fused-ring (bicyclic) bond motifs is 10. The summed E-state index contributed by atoms with van der Waals surface area (Å²) in [4.78, 5) is 2.48. The van der Waals surface area contributed by atoms with Crippen molar-refractivity contribution in [1.29, 1.82) is 0 Å². The van der Waals surface area contributed by atoms with Crippen LogP contribution in [0.3, 0.4) is 0 Å². The lowest BCUT2D eigenvalue weighted by atomic mass is 9.81. The van der Waals surface area contributed by atoms with E-state index in [4.69, 9.17) is 9.15 Å². The van der Waals surface area contributed by atoms with Crippen molar-refractivity contribution in [2.24, 2.45) is 0 Å². The first-order valence-corrected chi connectivity index (χ1v) is 19.3. The quantitative estimate of drug-likeness (QED) is 0.183. The van der Waals surface area contributed by atoms with Gasteiger partial charge in [-0.3, -0.25) is 0 Å². The Morgan fingerprint density at radius 2 is 1.15 bits per heavy atom. The summed E-state index contributed by atoms with van der Waals surface area (Å²) in [5, 5.41) is 2.26. The molecule has 11 rings (SSSR count). The maximum atomic E-state index is 6.55. The number of nitrogens with zero attached hydrogens (tertiary/aromatic N) is 1. The fourth-order valence-electron chi connectivity index (χ4n) is 9.79. The van der Waals surface area contributed by atoms with Crippen LogP contribution < -0.4 is 9.64 Å². The van der Waals surface area contributed by atoms with Crippen LogP contribution in [0.15, 0.2) is 144 Å². The zero-order chi connectivity index (χ0) is 36.3. The molecule has 7 aromatic carbocycles. The smallest absolute Gasteiger partial charge is 0.137 e. The summed E-state index contributed by atoms with van der Waals surface area (Å²) in [7, 11) is 0. The molecule has 0 spiro atoms. The molecule has 0 fully saturated rings. The Hall–Kier alpha value is -6.06. The van der Waals surface area contributed by atoms with Crippen molar-refractivity contribution < 1.29 is 9.15 Å². The van der Waals surface area contributed by atoms with Crippen molar-refractivity contribution in [3.63, 3.8) is 0 Å². The van der Waals surface area contributed by atoms with Gasteiger partial charge in [0.05, 0.1) is 12.3 Å². The number of aryl methyl sites for hydroxylation is 1. The molecule has 3 heteroatoms. The van der Waals surface area contributed by atoms with Gasteiger partial charge in [0.1, 0.15) is 16.9 Å². The molecule has 0 amide bonds. The second kappa shape index (κ2) is 11.2. The van der Waals surface area contributed by atoms with Gasteiger partial charge in [0.25, 0.3) is 0 Å². The number of hydrogen-bond donors (Lipinski definition) is 0. The summed E-state index contributed by atoms with van der Waals surface area (Å²) in [5.74, 6) is 1.01. The van der Waals surface area contributed by atoms with E-state index in [1.54, 1.807) is 0 Å². The second-order valence-electron chi connectivity index (χ2n) is 16.4. The van der Waals surface area contributed by atoms with E-state index in [9.17, 15) is 0 Å². The summed E-state index contributed by atoms with van der Waals surface area (Å²) in [6, 6.07) is 51.8. The number of furan rings is 1. The van der Waals surface area contributed by atoms with Gasteiger partial charge in [0.2, 0.25) is 0 Å². The Bertz CT molecular complexity index is 2850. The van der Waals surface area contributed by atoms with Crippen LogP contribution in [-0.4, -0.2) is 6.61 Å². The first kappa shape index (κ1) is 31.5. The van der Waals surface area contributed by atoms with Crippen molar-refractivity contribution in [2.45, 2.75) is 51.4 Å². The normalized spacial score (nSPS) is 15.6. The molecule has 8 aromatic rings. The minimum atomic E-state index is -0.168. The molecule has 2 aliphatic carbocycles. The van der Waals surface area contributed by atoms with Gasteiger partial charge < -0.3 is 14.1 Å². The van der Waals surface area contributed by atoms with E-state index < -0.39 is 0 Å². The number of rotatable bonds is 4. The van der Waals surface area contributed by atoms with Gasteiger partial charge in [-0.2, -0.15) is 0 Å². The Morgan fingerprint density at radius 1 is 0.500 bits per heavy atom. The first-order valence-electron chi connectivity index (χ1n) is 19.3. The standard InChI is InChI=1S/C51H41NO2/c1-50(2)42-16-8-5-13-35(42)37-22-20-33(27-44(37)50)52(34-21-23-39-38-15-7-10-18-48(38)54-49(39)28-34)46-30-45-41(36-14-6-9-17-43(36)51(45,3)4)29-40(46)31-19-24-47-32(26-31)12-11-25-53-47/h5-10,13-24,26-30H,11-12,25H2,1-4H3. The Kier molecular flexibility index (Phi) is 6.54. The predicted molar refractivity (Wildman–Crippen MR) is 223 cm³/mol. The van der Waals surface area contributed by atoms with E-state index in [1.807, 2.05) is 6.07 Å². The monoisotopic (exact) mass is 699 g/mol. The van der Waals surface area contributed by atoms with Crippen LogP contribution >= 0.6 is 0 Å². The molecular formula is C51H41NO2. The van der Waals surface area contributed by atoms with E-state index in [1.165, 1.54) is 61.2 Å². The molecule has 2 heterocycles. The number of hydrogen-bond acceptors (Lipinski definition) is 3. The lowest BCUT2D eigenvalue weighted by Crippen LogP contribution is -2.18. The third-order valence-electron chi connectivity index (χ3n) is 12.6. The molecule has 0 N–H and O–H groups in total. The Morgan fingerprint density at radius 3 is 1.96 bits per heavy atom. The molecule has 54 heavy (non-hydrogen) atoms. The van der Waals surface area contributed by atoms with Crippen LogP contribution in [0.1, 0.15) is 61.9 Å². The van der Waals surface area contributed by atoms with Crippen molar-refractivity contribution in [3.05, 3.63) is 167 Å². The maximum absolute atomic E-state index is 6.55. The Balaban J connectivity index is 1.21.